The van der Waals surface area contributed by atoms with E-state index in [0.717, 1.165) is 0 Å². The van der Waals surface area contributed by atoms with Crippen LogP contribution in [0.5, 0.6) is 0 Å². The Hall–Kier alpha value is -1.67. The van der Waals surface area contributed by atoms with Gasteiger partial charge in [-0.15, -0.1) is 22.7 Å². The minimum absolute atomic E-state index is 0.0273. The van der Waals surface area contributed by atoms with Gasteiger partial charge in [0, 0.05) is 11.6 Å². The Morgan fingerprint density at radius 1 is 1.40 bits per heavy atom. The fraction of sp³-hybridized carbons (Fsp3) is 0.417. The molecule has 2 aromatic heterocycles. The maximum atomic E-state index is 11.8. The van der Waals surface area contributed by atoms with E-state index in [-0.39, 0.29) is 11.6 Å². The maximum Gasteiger partial charge on any atom is 0.357 e. The van der Waals surface area contributed by atoms with Crippen LogP contribution in [-0.4, -0.2) is 23.0 Å². The quantitative estimate of drug-likeness (QED) is 0.623. The molecule has 0 bridgehead atoms. The third-order valence-corrected chi connectivity index (χ3v) is 4.70. The summed E-state index contributed by atoms with van der Waals surface area (Å²) < 4.78 is 4.73. The van der Waals surface area contributed by atoms with Gasteiger partial charge in [-0.25, -0.2) is 14.8 Å². The summed E-state index contributed by atoms with van der Waals surface area (Å²) in [6, 6.07) is -0.615. The first-order chi connectivity index (χ1) is 9.58. The molecule has 0 saturated heterocycles. The van der Waals surface area contributed by atoms with Gasteiger partial charge in [-0.1, -0.05) is 19.0 Å². The second-order valence-corrected chi connectivity index (χ2v) is 6.28. The fourth-order valence-electron chi connectivity index (χ4n) is 1.67. The Bertz CT molecular complexity index is 608. The van der Waals surface area contributed by atoms with E-state index in [0.29, 0.717) is 14.9 Å². The van der Waals surface area contributed by atoms with Crippen LogP contribution in [0.25, 0.3) is 10.0 Å². The average molecular weight is 311 g/mol. The second kappa shape index (κ2) is 6.19. The highest BCUT2D eigenvalue weighted by Gasteiger charge is 2.29. The lowest BCUT2D eigenvalue weighted by Crippen LogP contribution is -2.10. The van der Waals surface area contributed by atoms with Crippen LogP contribution < -0.4 is 0 Å². The number of rotatable bonds is 5. The molecular weight excluding hydrogens is 298 g/mol. The van der Waals surface area contributed by atoms with Gasteiger partial charge in [-0.3, -0.25) is 0 Å². The zero-order chi connectivity index (χ0) is 14.7. The molecule has 8 heteroatoms. The Balaban J connectivity index is 2.53. The lowest BCUT2D eigenvalue weighted by atomic mass is 10.0. The average Bonchev–Trinajstić information content (AvgIpc) is 3.07. The predicted molar refractivity (Wildman–Crippen MR) is 77.9 cm³/mol. The highest BCUT2D eigenvalue weighted by molar-refractivity contribution is 7.20. The number of hydrogen-bond donors (Lipinski definition) is 0. The minimum Gasteiger partial charge on any atom is -0.464 e. The van der Waals surface area contributed by atoms with Gasteiger partial charge in [-0.05, 0) is 5.92 Å². The first-order valence-electron chi connectivity index (χ1n) is 5.89. The van der Waals surface area contributed by atoms with Crippen molar-refractivity contribution in [1.82, 2.24) is 9.97 Å². The number of carbonyl (C=O) groups is 1. The van der Waals surface area contributed by atoms with E-state index in [1.165, 1.54) is 29.8 Å². The molecule has 0 aliphatic carbocycles. The van der Waals surface area contributed by atoms with Gasteiger partial charge in [0.15, 0.2) is 15.7 Å². The van der Waals surface area contributed by atoms with Crippen molar-refractivity contribution in [2.24, 2.45) is 11.1 Å². The number of esters is 1. The van der Waals surface area contributed by atoms with E-state index >= 15 is 0 Å². The van der Waals surface area contributed by atoms with Crippen LogP contribution in [0.4, 0.5) is 0 Å². The van der Waals surface area contributed by atoms with Crippen molar-refractivity contribution in [1.29, 1.82) is 0 Å². The van der Waals surface area contributed by atoms with Crippen molar-refractivity contribution >= 4 is 28.6 Å². The Labute approximate surface area is 123 Å². The highest BCUT2D eigenvalue weighted by Crippen LogP contribution is 2.37. The summed E-state index contributed by atoms with van der Waals surface area (Å²) >= 11 is 2.69. The molecule has 20 heavy (non-hydrogen) atoms. The van der Waals surface area contributed by atoms with E-state index < -0.39 is 12.0 Å². The number of aromatic nitrogens is 2. The van der Waals surface area contributed by atoms with E-state index in [2.05, 4.69) is 15.1 Å². The molecule has 0 radical (unpaired) electrons. The summed E-state index contributed by atoms with van der Waals surface area (Å²) in [5, 5.41) is 6.26. The van der Waals surface area contributed by atoms with Crippen molar-refractivity contribution in [2.45, 2.75) is 19.9 Å². The molecule has 6 nitrogen and oxygen atoms in total. The second-order valence-electron chi connectivity index (χ2n) is 4.35. The molecule has 1 atom stereocenters. The molecule has 2 heterocycles. The number of nitroso groups, excluding NO2 is 1. The van der Waals surface area contributed by atoms with Crippen LogP contribution in [0, 0.1) is 10.8 Å². The summed E-state index contributed by atoms with van der Waals surface area (Å²) in [6.07, 6.45) is 1.66. The largest absolute Gasteiger partial charge is 0.464 e. The topological polar surface area (TPSA) is 81.5 Å². The fourth-order valence-corrected chi connectivity index (χ4v) is 3.60. The predicted octanol–water partition coefficient (Wildman–Crippen LogP) is 3.52. The molecule has 0 N–H and O–H groups in total. The highest BCUT2D eigenvalue weighted by atomic mass is 32.1. The number of methoxy groups -OCH3 is 1. The SMILES string of the molecule is COC(=O)c1nc(-c2nccs2)sc1C(N=O)C(C)C. The van der Waals surface area contributed by atoms with Crippen molar-refractivity contribution in [3.05, 3.63) is 27.1 Å². The van der Waals surface area contributed by atoms with Crippen LogP contribution in [0.3, 0.4) is 0 Å². The molecule has 0 amide bonds. The normalized spacial score (nSPS) is 12.4. The molecule has 0 aliphatic heterocycles. The molecule has 0 aromatic carbocycles. The maximum absolute atomic E-state index is 11.8. The van der Waals surface area contributed by atoms with Gasteiger partial charge in [0.1, 0.15) is 6.04 Å². The van der Waals surface area contributed by atoms with Crippen molar-refractivity contribution in [3.8, 4) is 10.0 Å². The van der Waals surface area contributed by atoms with Gasteiger partial charge in [0.2, 0.25) is 0 Å². The van der Waals surface area contributed by atoms with Crippen molar-refractivity contribution in [2.75, 3.05) is 7.11 Å². The van der Waals surface area contributed by atoms with E-state index in [1.807, 2.05) is 19.2 Å². The molecule has 106 valence electrons. The minimum atomic E-state index is -0.615. The van der Waals surface area contributed by atoms with Gasteiger partial charge in [0.25, 0.3) is 0 Å². The van der Waals surface area contributed by atoms with Crippen LogP contribution in [0.15, 0.2) is 16.8 Å². The third-order valence-electron chi connectivity index (χ3n) is 2.66. The number of carbonyl (C=O) groups excluding carboxylic acids is 1. The van der Waals surface area contributed by atoms with Crippen LogP contribution >= 0.6 is 22.7 Å². The molecule has 2 aromatic rings. The summed E-state index contributed by atoms with van der Waals surface area (Å²) in [5.74, 6) is -0.589. The standard InChI is InChI=1S/C12H13N3O3S2/c1-6(2)7(15-17)9-8(12(16)18-3)14-11(20-9)10-13-4-5-19-10/h4-7H,1-3H3. The molecule has 0 fully saturated rings. The Kier molecular flexibility index (Phi) is 4.56. The smallest absolute Gasteiger partial charge is 0.357 e. The molecule has 0 saturated carbocycles. The van der Waals surface area contributed by atoms with Gasteiger partial charge < -0.3 is 4.74 Å². The lowest BCUT2D eigenvalue weighted by Gasteiger charge is -2.11. The first kappa shape index (κ1) is 14.7. The Morgan fingerprint density at radius 3 is 2.65 bits per heavy atom. The molecule has 0 aliphatic rings. The molecule has 0 spiro atoms. The van der Waals surface area contributed by atoms with Gasteiger partial charge in [-0.2, -0.15) is 4.91 Å². The third kappa shape index (κ3) is 2.75. The monoisotopic (exact) mass is 311 g/mol. The summed E-state index contributed by atoms with van der Waals surface area (Å²) in [4.78, 5) is 31.9. The van der Waals surface area contributed by atoms with Crippen LogP contribution in [0.1, 0.15) is 35.3 Å². The summed E-state index contributed by atoms with van der Waals surface area (Å²) in [5.41, 5.74) is 0.154. The lowest BCUT2D eigenvalue weighted by molar-refractivity contribution is 0.0593. The summed E-state index contributed by atoms with van der Waals surface area (Å²) in [7, 11) is 1.28. The van der Waals surface area contributed by atoms with Crippen molar-refractivity contribution < 1.29 is 9.53 Å². The molecular formula is C12H13N3O3S2. The van der Waals surface area contributed by atoms with Crippen LogP contribution in [-0.2, 0) is 4.74 Å². The van der Waals surface area contributed by atoms with E-state index in [1.54, 1.807) is 6.20 Å². The number of nitrogens with zero attached hydrogens (tertiary/aromatic N) is 3. The molecule has 1 unspecified atom stereocenters. The van der Waals surface area contributed by atoms with Crippen LogP contribution in [0.2, 0.25) is 0 Å². The zero-order valence-corrected chi connectivity index (χ0v) is 12.8. The number of thiazole rings is 2. The van der Waals surface area contributed by atoms with Crippen molar-refractivity contribution in [3.63, 3.8) is 0 Å². The first-order valence-corrected chi connectivity index (χ1v) is 7.59. The zero-order valence-electron chi connectivity index (χ0n) is 11.2. The van der Waals surface area contributed by atoms with E-state index in [4.69, 9.17) is 4.74 Å². The number of ether oxygens (including phenoxy) is 1. The van der Waals surface area contributed by atoms with Gasteiger partial charge >= 0.3 is 5.97 Å². The summed E-state index contributed by atoms with van der Waals surface area (Å²) in [6.45, 7) is 3.74. The Morgan fingerprint density at radius 2 is 2.15 bits per heavy atom. The molecule has 2 rings (SSSR count). The number of hydrogen-bond acceptors (Lipinski definition) is 8. The van der Waals surface area contributed by atoms with E-state index in [9.17, 15) is 9.70 Å². The van der Waals surface area contributed by atoms with Gasteiger partial charge in [0.05, 0.1) is 12.0 Å².